The van der Waals surface area contributed by atoms with Gasteiger partial charge >= 0.3 is 5.69 Å². The topological polar surface area (TPSA) is 74.7 Å². The molecule has 0 aromatic carbocycles. The van der Waals surface area contributed by atoms with Crippen LogP contribution in [0.25, 0.3) is 0 Å². The van der Waals surface area contributed by atoms with Crippen molar-refractivity contribution in [3.05, 3.63) is 45.3 Å². The largest absolute Gasteiger partial charge is 0.331 e. The Hall–Kier alpha value is -2.18. The first-order chi connectivity index (χ1) is 8.63. The third-order valence-corrected chi connectivity index (χ3v) is 2.67. The van der Waals surface area contributed by atoms with E-state index in [1.165, 1.54) is 23.2 Å². The molecule has 2 aromatic heterocycles. The van der Waals surface area contributed by atoms with Gasteiger partial charge in [0.2, 0.25) is 0 Å². The summed E-state index contributed by atoms with van der Waals surface area (Å²) < 4.78 is 4.22. The highest BCUT2D eigenvalue weighted by molar-refractivity contribution is 4.92. The van der Waals surface area contributed by atoms with Gasteiger partial charge in [0, 0.05) is 25.9 Å². The number of aryl methyl sites for hydroxylation is 2. The lowest BCUT2D eigenvalue weighted by molar-refractivity contribution is 0.535. The van der Waals surface area contributed by atoms with Crippen LogP contribution in [0.1, 0.15) is 19.2 Å². The Bertz CT molecular complexity index is 652. The van der Waals surface area contributed by atoms with Gasteiger partial charge in [-0.05, 0) is 6.42 Å². The van der Waals surface area contributed by atoms with Crippen molar-refractivity contribution in [2.24, 2.45) is 7.05 Å². The highest BCUT2D eigenvalue weighted by Crippen LogP contribution is 1.96. The van der Waals surface area contributed by atoms with Crippen LogP contribution in [0.15, 0.2) is 28.2 Å². The molecule has 2 aromatic rings. The van der Waals surface area contributed by atoms with E-state index in [0.717, 1.165) is 17.5 Å². The summed E-state index contributed by atoms with van der Waals surface area (Å²) >= 11 is 0. The lowest BCUT2D eigenvalue weighted by atomic mass is 10.4. The molecule has 0 fully saturated rings. The summed E-state index contributed by atoms with van der Waals surface area (Å²) in [4.78, 5) is 27.6. The fourth-order valence-electron chi connectivity index (χ4n) is 1.71. The number of hydrogen-bond acceptors (Lipinski definition) is 4. The standard InChI is InChI=1S/C11H15N5O2/c1-3-5-16-9(12-8-13-16)7-15-10(17)4-6-14(2)11(15)18/h4,6,8H,3,5,7H2,1-2H3. The van der Waals surface area contributed by atoms with E-state index in [1.54, 1.807) is 11.7 Å². The molecule has 7 heteroatoms. The second kappa shape index (κ2) is 4.99. The van der Waals surface area contributed by atoms with Crippen LogP contribution in [0.3, 0.4) is 0 Å². The summed E-state index contributed by atoms with van der Waals surface area (Å²) in [6.07, 6.45) is 3.80. The maximum atomic E-state index is 11.9. The quantitative estimate of drug-likeness (QED) is 0.738. The molecule has 0 unspecified atom stereocenters. The van der Waals surface area contributed by atoms with E-state index in [4.69, 9.17) is 0 Å². The highest BCUT2D eigenvalue weighted by atomic mass is 16.2. The second-order valence-corrected chi connectivity index (χ2v) is 4.03. The average Bonchev–Trinajstić information content (AvgIpc) is 2.78. The molecule has 96 valence electrons. The molecule has 2 rings (SSSR count). The first-order valence-corrected chi connectivity index (χ1v) is 5.76. The first-order valence-electron chi connectivity index (χ1n) is 5.76. The van der Waals surface area contributed by atoms with Gasteiger partial charge in [0.15, 0.2) is 0 Å². The van der Waals surface area contributed by atoms with Crippen molar-refractivity contribution in [3.8, 4) is 0 Å². The highest BCUT2D eigenvalue weighted by Gasteiger charge is 2.08. The van der Waals surface area contributed by atoms with Crippen LogP contribution in [0.4, 0.5) is 0 Å². The van der Waals surface area contributed by atoms with Crippen molar-refractivity contribution in [2.75, 3.05) is 0 Å². The Labute approximate surface area is 103 Å². The summed E-state index contributed by atoms with van der Waals surface area (Å²) in [6.45, 7) is 2.89. The molecule has 0 bridgehead atoms. The van der Waals surface area contributed by atoms with Gasteiger partial charge in [-0.1, -0.05) is 6.92 Å². The number of nitrogens with zero attached hydrogens (tertiary/aromatic N) is 5. The Morgan fingerprint density at radius 2 is 2.11 bits per heavy atom. The van der Waals surface area contributed by atoms with Crippen LogP contribution in [0, 0.1) is 0 Å². The minimum absolute atomic E-state index is 0.145. The first kappa shape index (κ1) is 12.3. The van der Waals surface area contributed by atoms with E-state index in [0.29, 0.717) is 5.82 Å². The van der Waals surface area contributed by atoms with Gasteiger partial charge in [0.25, 0.3) is 5.56 Å². The molecule has 18 heavy (non-hydrogen) atoms. The van der Waals surface area contributed by atoms with Crippen molar-refractivity contribution in [1.82, 2.24) is 23.9 Å². The van der Waals surface area contributed by atoms with Crippen molar-refractivity contribution in [1.29, 1.82) is 0 Å². The zero-order chi connectivity index (χ0) is 13.1. The van der Waals surface area contributed by atoms with Gasteiger partial charge < -0.3 is 4.57 Å². The molecule has 0 radical (unpaired) electrons. The summed E-state index contributed by atoms with van der Waals surface area (Å²) in [6, 6.07) is 1.36. The molecule has 0 saturated carbocycles. The van der Waals surface area contributed by atoms with E-state index >= 15 is 0 Å². The minimum Gasteiger partial charge on any atom is -0.303 e. The Morgan fingerprint density at radius 1 is 1.33 bits per heavy atom. The summed E-state index contributed by atoms with van der Waals surface area (Å²) in [5.74, 6) is 0.613. The number of aromatic nitrogens is 5. The molecular weight excluding hydrogens is 234 g/mol. The second-order valence-electron chi connectivity index (χ2n) is 4.03. The third-order valence-electron chi connectivity index (χ3n) is 2.67. The lowest BCUT2D eigenvalue weighted by Gasteiger charge is -2.07. The van der Waals surface area contributed by atoms with E-state index in [1.807, 2.05) is 6.92 Å². The fourth-order valence-corrected chi connectivity index (χ4v) is 1.71. The summed E-state index contributed by atoms with van der Waals surface area (Å²) in [5, 5.41) is 4.07. The van der Waals surface area contributed by atoms with Crippen molar-refractivity contribution in [2.45, 2.75) is 26.4 Å². The Balaban J connectivity index is 2.40. The molecule has 2 heterocycles. The maximum absolute atomic E-state index is 11.9. The molecule has 0 aliphatic carbocycles. The van der Waals surface area contributed by atoms with Gasteiger partial charge in [-0.2, -0.15) is 5.10 Å². The molecule has 0 N–H and O–H groups in total. The average molecular weight is 249 g/mol. The van der Waals surface area contributed by atoms with Crippen LogP contribution in [-0.2, 0) is 20.1 Å². The predicted molar refractivity (Wildman–Crippen MR) is 65.4 cm³/mol. The molecule has 7 nitrogen and oxygen atoms in total. The molecule has 0 aliphatic rings. The molecule has 0 saturated heterocycles. The Morgan fingerprint density at radius 3 is 2.83 bits per heavy atom. The normalized spacial score (nSPS) is 10.8. The Kier molecular flexibility index (Phi) is 3.40. The zero-order valence-corrected chi connectivity index (χ0v) is 10.4. The van der Waals surface area contributed by atoms with Gasteiger partial charge in [0.1, 0.15) is 12.2 Å². The fraction of sp³-hybridized carbons (Fsp3) is 0.455. The van der Waals surface area contributed by atoms with E-state index < -0.39 is 0 Å². The molecular formula is C11H15N5O2. The van der Waals surface area contributed by atoms with Crippen molar-refractivity contribution in [3.63, 3.8) is 0 Å². The number of hydrogen-bond donors (Lipinski definition) is 0. The molecule has 0 atom stereocenters. The van der Waals surface area contributed by atoms with Crippen LogP contribution in [0.2, 0.25) is 0 Å². The van der Waals surface area contributed by atoms with Crippen molar-refractivity contribution < 1.29 is 0 Å². The van der Waals surface area contributed by atoms with Gasteiger partial charge in [-0.3, -0.25) is 9.36 Å². The van der Waals surface area contributed by atoms with Gasteiger partial charge in [-0.25, -0.2) is 14.5 Å². The minimum atomic E-state index is -0.353. The van der Waals surface area contributed by atoms with Gasteiger partial charge in [-0.15, -0.1) is 0 Å². The molecule has 0 spiro atoms. The van der Waals surface area contributed by atoms with Crippen LogP contribution < -0.4 is 11.2 Å². The van der Waals surface area contributed by atoms with Crippen LogP contribution in [-0.4, -0.2) is 23.9 Å². The smallest absolute Gasteiger partial charge is 0.303 e. The van der Waals surface area contributed by atoms with Crippen LogP contribution in [0.5, 0.6) is 0 Å². The van der Waals surface area contributed by atoms with E-state index in [2.05, 4.69) is 10.1 Å². The number of rotatable bonds is 4. The predicted octanol–water partition coefficient (Wildman–Crippen LogP) is -0.403. The molecule has 0 aliphatic heterocycles. The van der Waals surface area contributed by atoms with Gasteiger partial charge in [0.05, 0.1) is 6.54 Å². The maximum Gasteiger partial charge on any atom is 0.331 e. The van der Waals surface area contributed by atoms with E-state index in [-0.39, 0.29) is 17.8 Å². The van der Waals surface area contributed by atoms with Crippen molar-refractivity contribution >= 4 is 0 Å². The van der Waals surface area contributed by atoms with E-state index in [9.17, 15) is 9.59 Å². The SMILES string of the molecule is CCCn1ncnc1Cn1c(=O)ccn(C)c1=O. The monoisotopic (exact) mass is 249 g/mol. The molecule has 0 amide bonds. The summed E-state index contributed by atoms with van der Waals surface area (Å²) in [5.41, 5.74) is -0.683. The lowest BCUT2D eigenvalue weighted by Crippen LogP contribution is -2.38. The zero-order valence-electron chi connectivity index (χ0n) is 10.4. The summed E-state index contributed by atoms with van der Waals surface area (Å²) in [7, 11) is 1.61. The van der Waals surface area contributed by atoms with Crippen LogP contribution >= 0.6 is 0 Å². The third kappa shape index (κ3) is 2.24.